The average Bonchev–Trinajstić information content (AvgIpc) is 3.35. The summed E-state index contributed by atoms with van der Waals surface area (Å²) in [6, 6.07) is -0.0222. The predicted octanol–water partition coefficient (Wildman–Crippen LogP) is 2.59. The van der Waals surface area contributed by atoms with E-state index in [0.29, 0.717) is 12.5 Å². The van der Waals surface area contributed by atoms with Gasteiger partial charge >= 0.3 is 0 Å². The Morgan fingerprint density at radius 3 is 3.00 bits per heavy atom. The molecule has 0 bridgehead atoms. The first-order valence-corrected chi connectivity index (χ1v) is 11.4. The van der Waals surface area contributed by atoms with Crippen molar-refractivity contribution in [3.8, 4) is 0 Å². The Morgan fingerprint density at radius 1 is 1.30 bits per heavy atom. The quantitative estimate of drug-likeness (QED) is 0.832. The lowest BCUT2D eigenvalue weighted by Gasteiger charge is -2.33. The minimum atomic E-state index is -0.0222. The van der Waals surface area contributed by atoms with E-state index in [-0.39, 0.29) is 17.9 Å². The molecule has 2 N–H and O–H groups in total. The van der Waals surface area contributed by atoms with Crippen molar-refractivity contribution in [3.05, 3.63) is 21.4 Å². The number of hydrogen-bond donors (Lipinski definition) is 2. The fourth-order valence-electron chi connectivity index (χ4n) is 4.72. The fourth-order valence-corrected chi connectivity index (χ4v) is 5.96. The van der Waals surface area contributed by atoms with Crippen LogP contribution in [0, 0.1) is 11.8 Å². The van der Waals surface area contributed by atoms with Gasteiger partial charge in [-0.05, 0) is 68.9 Å². The van der Waals surface area contributed by atoms with Crippen LogP contribution in [-0.2, 0) is 17.6 Å². The van der Waals surface area contributed by atoms with E-state index >= 15 is 0 Å². The predicted molar refractivity (Wildman–Crippen MR) is 108 cm³/mol. The largest absolute Gasteiger partial charge is 0.354 e. The van der Waals surface area contributed by atoms with Crippen molar-refractivity contribution in [2.24, 2.45) is 11.8 Å². The van der Waals surface area contributed by atoms with Crippen LogP contribution in [0.3, 0.4) is 0 Å². The summed E-state index contributed by atoms with van der Waals surface area (Å²) in [5.41, 5.74) is 2.26. The number of amides is 2. The van der Waals surface area contributed by atoms with Crippen LogP contribution in [0.5, 0.6) is 0 Å². The molecule has 3 atom stereocenters. The number of thiophene rings is 1. The molecule has 4 rings (SSSR count). The maximum Gasteiger partial charge on any atom is 0.254 e. The lowest BCUT2D eigenvalue weighted by atomic mass is 9.88. The van der Waals surface area contributed by atoms with Crippen LogP contribution in [0.1, 0.15) is 59.8 Å². The van der Waals surface area contributed by atoms with Gasteiger partial charge in [0.15, 0.2) is 0 Å². The first-order chi connectivity index (χ1) is 13.1. The lowest BCUT2D eigenvalue weighted by molar-refractivity contribution is -0.123. The Bertz CT molecular complexity index is 696. The Hall–Kier alpha value is -1.40. The standard InChI is InChI=1S/C21H31N3O2S/c1-14-6-7-16-17(13-27-19(16)10-14)21(26)24-9-3-4-15(12-24)11-23-20(25)18-5-2-8-22-18/h13-15,18,22H,2-12H2,1H3,(H,23,25). The number of nitrogens with one attached hydrogen (secondary N) is 2. The summed E-state index contributed by atoms with van der Waals surface area (Å²) in [5.74, 6) is 1.42. The minimum absolute atomic E-state index is 0.0222. The van der Waals surface area contributed by atoms with Gasteiger partial charge in [0.25, 0.3) is 5.91 Å². The SMILES string of the molecule is CC1CCc2c(C(=O)N3CCCC(CNC(=O)C4CCCN4)C3)csc2C1. The third kappa shape index (κ3) is 4.21. The number of hydrogen-bond acceptors (Lipinski definition) is 4. The molecular weight excluding hydrogens is 358 g/mol. The molecule has 148 valence electrons. The molecule has 27 heavy (non-hydrogen) atoms. The lowest BCUT2D eigenvalue weighted by Crippen LogP contribution is -2.46. The smallest absolute Gasteiger partial charge is 0.254 e. The molecule has 0 radical (unpaired) electrons. The first kappa shape index (κ1) is 18.9. The molecule has 2 saturated heterocycles. The Balaban J connectivity index is 1.34. The van der Waals surface area contributed by atoms with Gasteiger partial charge in [-0.15, -0.1) is 11.3 Å². The average molecular weight is 390 g/mol. The summed E-state index contributed by atoms with van der Waals surface area (Å²) < 4.78 is 0. The van der Waals surface area contributed by atoms with Crippen molar-refractivity contribution in [2.45, 2.75) is 57.9 Å². The van der Waals surface area contributed by atoms with Crippen LogP contribution in [0.2, 0.25) is 0 Å². The molecule has 6 heteroatoms. The zero-order chi connectivity index (χ0) is 18.8. The second-order valence-electron chi connectivity index (χ2n) is 8.55. The van der Waals surface area contributed by atoms with E-state index in [4.69, 9.17) is 0 Å². The summed E-state index contributed by atoms with van der Waals surface area (Å²) in [6.07, 6.45) is 7.48. The number of fused-ring (bicyclic) bond motifs is 1. The van der Waals surface area contributed by atoms with Crippen LogP contribution in [0.25, 0.3) is 0 Å². The van der Waals surface area contributed by atoms with Gasteiger partial charge in [-0.3, -0.25) is 9.59 Å². The summed E-state index contributed by atoms with van der Waals surface area (Å²) >= 11 is 1.77. The molecule has 0 aromatic carbocycles. The van der Waals surface area contributed by atoms with Crippen molar-refractivity contribution in [2.75, 3.05) is 26.2 Å². The highest BCUT2D eigenvalue weighted by molar-refractivity contribution is 7.10. The van der Waals surface area contributed by atoms with Gasteiger partial charge in [-0.25, -0.2) is 0 Å². The molecule has 0 spiro atoms. The van der Waals surface area contributed by atoms with E-state index in [9.17, 15) is 9.59 Å². The van der Waals surface area contributed by atoms with Crippen molar-refractivity contribution in [3.63, 3.8) is 0 Å². The molecule has 2 aliphatic heterocycles. The molecule has 3 heterocycles. The number of carbonyl (C=O) groups excluding carboxylic acids is 2. The summed E-state index contributed by atoms with van der Waals surface area (Å²) in [7, 11) is 0. The first-order valence-electron chi connectivity index (χ1n) is 10.5. The monoisotopic (exact) mass is 389 g/mol. The maximum atomic E-state index is 13.1. The Morgan fingerprint density at radius 2 is 2.19 bits per heavy atom. The topological polar surface area (TPSA) is 61.4 Å². The van der Waals surface area contributed by atoms with Gasteiger partial charge in [-0.1, -0.05) is 6.92 Å². The van der Waals surface area contributed by atoms with Gasteiger partial charge in [0.05, 0.1) is 11.6 Å². The fraction of sp³-hybridized carbons (Fsp3) is 0.714. The number of nitrogens with zero attached hydrogens (tertiary/aromatic N) is 1. The van der Waals surface area contributed by atoms with E-state index < -0.39 is 0 Å². The summed E-state index contributed by atoms with van der Waals surface area (Å²) in [5, 5.41) is 8.44. The van der Waals surface area contributed by atoms with E-state index in [0.717, 1.165) is 69.6 Å². The van der Waals surface area contributed by atoms with Crippen molar-refractivity contribution >= 4 is 23.2 Å². The van der Waals surface area contributed by atoms with Crippen molar-refractivity contribution in [1.29, 1.82) is 0 Å². The normalized spacial score (nSPS) is 28.0. The highest BCUT2D eigenvalue weighted by Crippen LogP contribution is 2.34. The second kappa shape index (κ2) is 8.31. The van der Waals surface area contributed by atoms with Gasteiger partial charge in [-0.2, -0.15) is 0 Å². The van der Waals surface area contributed by atoms with Crippen molar-refractivity contribution < 1.29 is 9.59 Å². The number of piperidine rings is 1. The molecule has 2 amide bonds. The van der Waals surface area contributed by atoms with Gasteiger partial charge in [0.2, 0.25) is 5.91 Å². The van der Waals surface area contributed by atoms with Crippen molar-refractivity contribution in [1.82, 2.24) is 15.5 Å². The zero-order valence-electron chi connectivity index (χ0n) is 16.3. The number of carbonyl (C=O) groups is 2. The van der Waals surface area contributed by atoms with Crippen LogP contribution >= 0.6 is 11.3 Å². The molecule has 2 fully saturated rings. The molecule has 1 aromatic rings. The minimum Gasteiger partial charge on any atom is -0.354 e. The van der Waals surface area contributed by atoms with E-state index in [1.165, 1.54) is 16.9 Å². The molecule has 3 aliphatic rings. The van der Waals surface area contributed by atoms with E-state index in [1.807, 2.05) is 4.90 Å². The molecular formula is C21H31N3O2S. The molecule has 5 nitrogen and oxygen atoms in total. The Labute approximate surface area is 165 Å². The second-order valence-corrected chi connectivity index (χ2v) is 9.52. The summed E-state index contributed by atoms with van der Waals surface area (Å²) in [4.78, 5) is 28.8. The molecule has 1 aromatic heterocycles. The maximum absolute atomic E-state index is 13.1. The number of rotatable bonds is 4. The highest BCUT2D eigenvalue weighted by atomic mass is 32.1. The summed E-state index contributed by atoms with van der Waals surface area (Å²) in [6.45, 7) is 5.52. The van der Waals surface area contributed by atoms with Crippen LogP contribution in [0.4, 0.5) is 0 Å². The highest BCUT2D eigenvalue weighted by Gasteiger charge is 2.30. The zero-order valence-corrected chi connectivity index (χ0v) is 17.1. The van der Waals surface area contributed by atoms with E-state index in [2.05, 4.69) is 22.9 Å². The van der Waals surface area contributed by atoms with Gasteiger partial charge in [0.1, 0.15) is 0 Å². The molecule has 0 saturated carbocycles. The Kier molecular flexibility index (Phi) is 5.83. The van der Waals surface area contributed by atoms with Crippen LogP contribution < -0.4 is 10.6 Å². The van der Waals surface area contributed by atoms with E-state index in [1.54, 1.807) is 11.3 Å². The van der Waals surface area contributed by atoms with Gasteiger partial charge in [0, 0.05) is 29.9 Å². The molecule has 1 aliphatic carbocycles. The third-order valence-corrected chi connectivity index (χ3v) is 7.43. The van der Waals surface area contributed by atoms with Crippen LogP contribution in [-0.4, -0.2) is 48.9 Å². The third-order valence-electron chi connectivity index (χ3n) is 6.38. The van der Waals surface area contributed by atoms with Crippen LogP contribution in [0.15, 0.2) is 5.38 Å². The van der Waals surface area contributed by atoms with Gasteiger partial charge < -0.3 is 15.5 Å². The number of likely N-dealkylation sites (tertiary alicyclic amines) is 1. The molecule has 3 unspecified atom stereocenters.